The van der Waals surface area contributed by atoms with Crippen molar-refractivity contribution in [2.45, 2.75) is 38.5 Å². The van der Waals surface area contributed by atoms with Gasteiger partial charge in [0.05, 0.1) is 12.0 Å². The van der Waals surface area contributed by atoms with Gasteiger partial charge in [-0.1, -0.05) is 51.1 Å². The van der Waals surface area contributed by atoms with E-state index in [-0.39, 0.29) is 11.3 Å². The van der Waals surface area contributed by atoms with E-state index < -0.39 is 0 Å². The van der Waals surface area contributed by atoms with Crippen LogP contribution in [0.2, 0.25) is 0 Å². The summed E-state index contributed by atoms with van der Waals surface area (Å²) in [5.41, 5.74) is 3.59. The van der Waals surface area contributed by atoms with E-state index in [2.05, 4.69) is 51.1 Å². The van der Waals surface area contributed by atoms with E-state index >= 15 is 0 Å². The van der Waals surface area contributed by atoms with Crippen LogP contribution in [0.3, 0.4) is 0 Å². The minimum absolute atomic E-state index is 0.142. The molecule has 1 aliphatic heterocycles. The average Bonchev–Trinajstić information content (AvgIpc) is 2.59. The molecule has 0 spiro atoms. The first-order valence-electron chi connectivity index (χ1n) is 8.36. The van der Waals surface area contributed by atoms with Crippen molar-refractivity contribution in [3.63, 3.8) is 0 Å². The summed E-state index contributed by atoms with van der Waals surface area (Å²) in [4.78, 5) is 0. The molecule has 1 unspecified atom stereocenters. The summed E-state index contributed by atoms with van der Waals surface area (Å²) < 4.78 is 11.2. The maximum Gasteiger partial charge on any atom is 0.161 e. The fourth-order valence-electron chi connectivity index (χ4n) is 2.89. The first kappa shape index (κ1) is 16.4. The molecule has 2 aromatic rings. The topological polar surface area (TPSA) is 42.2 Å². The van der Waals surface area contributed by atoms with Gasteiger partial charge >= 0.3 is 0 Å². The molecule has 0 saturated heterocycles. The summed E-state index contributed by atoms with van der Waals surface area (Å²) in [5, 5.41) is 9.61. The molecule has 1 atom stereocenters. The quantitative estimate of drug-likeness (QED) is 0.829. The number of nitrogens with zero attached hydrogens (tertiary/aromatic N) is 1. The van der Waals surface area contributed by atoms with E-state index in [9.17, 15) is 5.26 Å². The number of hydrogen-bond acceptors (Lipinski definition) is 3. The molecule has 124 valence electrons. The Labute approximate surface area is 143 Å². The smallest absolute Gasteiger partial charge is 0.161 e. The second-order valence-corrected chi connectivity index (χ2v) is 7.24. The second kappa shape index (κ2) is 6.57. The number of hydrogen-bond donors (Lipinski definition) is 0. The maximum absolute atomic E-state index is 9.61. The molecule has 3 heteroatoms. The van der Waals surface area contributed by atoms with Gasteiger partial charge in [0.2, 0.25) is 0 Å². The zero-order chi connectivity index (χ0) is 17.2. The van der Waals surface area contributed by atoms with Crippen LogP contribution in [-0.2, 0) is 11.8 Å². The Bertz CT molecular complexity index is 751. The molecule has 2 aromatic carbocycles. The first-order chi connectivity index (χ1) is 11.5. The highest BCUT2D eigenvalue weighted by Crippen LogP contribution is 2.34. The van der Waals surface area contributed by atoms with Crippen molar-refractivity contribution in [2.75, 3.05) is 13.2 Å². The molecule has 3 rings (SSSR count). The number of ether oxygens (including phenoxy) is 2. The summed E-state index contributed by atoms with van der Waals surface area (Å²) in [6.45, 7) is 7.75. The molecule has 0 N–H and O–H groups in total. The molecular weight excluding hydrogens is 298 g/mol. The predicted molar refractivity (Wildman–Crippen MR) is 94.6 cm³/mol. The SMILES string of the molecule is CC(C)(C)c1ccc(CC(C#N)c2ccc3c(c2)OCCO3)cc1. The molecular formula is C21H23NO2. The van der Waals surface area contributed by atoms with Crippen LogP contribution in [0.15, 0.2) is 42.5 Å². The van der Waals surface area contributed by atoms with Gasteiger partial charge in [0.15, 0.2) is 11.5 Å². The van der Waals surface area contributed by atoms with Gasteiger partial charge in [-0.15, -0.1) is 0 Å². The van der Waals surface area contributed by atoms with Crippen LogP contribution in [0.1, 0.15) is 43.4 Å². The molecule has 0 aliphatic carbocycles. The van der Waals surface area contributed by atoms with Gasteiger partial charge in [-0.05, 0) is 40.7 Å². The zero-order valence-electron chi connectivity index (χ0n) is 14.5. The highest BCUT2D eigenvalue weighted by molar-refractivity contribution is 5.46. The number of benzene rings is 2. The van der Waals surface area contributed by atoms with Crippen LogP contribution < -0.4 is 9.47 Å². The van der Waals surface area contributed by atoms with Crippen LogP contribution in [0, 0.1) is 11.3 Å². The standard InChI is InChI=1S/C21H23NO2/c1-21(2,3)18-7-4-15(5-8-18)12-17(14-22)16-6-9-19-20(13-16)24-11-10-23-19/h4-9,13,17H,10-12H2,1-3H3. The van der Waals surface area contributed by atoms with Gasteiger partial charge < -0.3 is 9.47 Å². The van der Waals surface area contributed by atoms with Gasteiger partial charge in [0.25, 0.3) is 0 Å². The number of rotatable bonds is 3. The van der Waals surface area contributed by atoms with Crippen LogP contribution in [-0.4, -0.2) is 13.2 Å². The monoisotopic (exact) mass is 321 g/mol. The Morgan fingerprint density at radius 2 is 1.67 bits per heavy atom. The van der Waals surface area contributed by atoms with Gasteiger partial charge in [-0.25, -0.2) is 0 Å². The molecule has 0 amide bonds. The largest absolute Gasteiger partial charge is 0.486 e. The third-order valence-electron chi connectivity index (χ3n) is 4.38. The highest BCUT2D eigenvalue weighted by Gasteiger charge is 2.18. The van der Waals surface area contributed by atoms with Gasteiger partial charge in [0, 0.05) is 0 Å². The molecule has 0 bridgehead atoms. The lowest BCUT2D eigenvalue weighted by molar-refractivity contribution is 0.171. The Morgan fingerprint density at radius 1 is 1.00 bits per heavy atom. The van der Waals surface area contributed by atoms with E-state index in [1.807, 2.05) is 18.2 Å². The summed E-state index contributed by atoms with van der Waals surface area (Å²) in [5.74, 6) is 1.31. The lowest BCUT2D eigenvalue weighted by Gasteiger charge is -2.21. The summed E-state index contributed by atoms with van der Waals surface area (Å²) in [6, 6.07) is 16.8. The fraction of sp³-hybridized carbons (Fsp3) is 0.381. The molecule has 0 saturated carbocycles. The van der Waals surface area contributed by atoms with Gasteiger partial charge in [-0.2, -0.15) is 5.26 Å². The fourth-order valence-corrected chi connectivity index (χ4v) is 2.89. The third kappa shape index (κ3) is 3.54. The van der Waals surface area contributed by atoms with Crippen molar-refractivity contribution >= 4 is 0 Å². The lowest BCUT2D eigenvalue weighted by Crippen LogP contribution is -2.15. The van der Waals surface area contributed by atoms with Crippen LogP contribution in [0.4, 0.5) is 0 Å². The Morgan fingerprint density at radius 3 is 2.29 bits per heavy atom. The minimum Gasteiger partial charge on any atom is -0.486 e. The van der Waals surface area contributed by atoms with E-state index in [1.165, 1.54) is 11.1 Å². The first-order valence-corrected chi connectivity index (χ1v) is 8.36. The maximum atomic E-state index is 9.61. The third-order valence-corrected chi connectivity index (χ3v) is 4.38. The molecule has 0 aromatic heterocycles. The predicted octanol–water partition coefficient (Wildman–Crippen LogP) is 4.61. The number of nitriles is 1. The Hall–Kier alpha value is -2.47. The van der Waals surface area contributed by atoms with Crippen LogP contribution >= 0.6 is 0 Å². The summed E-state index contributed by atoms with van der Waals surface area (Å²) in [7, 11) is 0. The zero-order valence-corrected chi connectivity index (χ0v) is 14.5. The van der Waals surface area contributed by atoms with Crippen molar-refractivity contribution in [3.8, 4) is 17.6 Å². The second-order valence-electron chi connectivity index (χ2n) is 7.24. The van der Waals surface area contributed by atoms with Crippen molar-refractivity contribution in [1.29, 1.82) is 5.26 Å². The van der Waals surface area contributed by atoms with Gasteiger partial charge in [-0.3, -0.25) is 0 Å². The molecule has 3 nitrogen and oxygen atoms in total. The minimum atomic E-state index is -0.193. The van der Waals surface area contributed by atoms with Crippen molar-refractivity contribution in [1.82, 2.24) is 0 Å². The van der Waals surface area contributed by atoms with Gasteiger partial charge in [0.1, 0.15) is 13.2 Å². The highest BCUT2D eigenvalue weighted by atomic mass is 16.6. The van der Waals surface area contributed by atoms with Crippen molar-refractivity contribution in [3.05, 3.63) is 59.2 Å². The molecule has 1 heterocycles. The van der Waals surface area contributed by atoms with E-state index in [4.69, 9.17) is 9.47 Å². The van der Waals surface area contributed by atoms with Crippen LogP contribution in [0.5, 0.6) is 11.5 Å². The van der Waals surface area contributed by atoms with Crippen LogP contribution in [0.25, 0.3) is 0 Å². The Balaban J connectivity index is 1.79. The summed E-state index contributed by atoms with van der Waals surface area (Å²) >= 11 is 0. The molecule has 0 fully saturated rings. The van der Waals surface area contributed by atoms with Crippen molar-refractivity contribution in [2.24, 2.45) is 0 Å². The van der Waals surface area contributed by atoms with E-state index in [0.29, 0.717) is 19.6 Å². The Kier molecular flexibility index (Phi) is 4.49. The van der Waals surface area contributed by atoms with Crippen molar-refractivity contribution < 1.29 is 9.47 Å². The number of fused-ring (bicyclic) bond motifs is 1. The van der Waals surface area contributed by atoms with E-state index in [1.54, 1.807) is 0 Å². The molecule has 24 heavy (non-hydrogen) atoms. The molecule has 1 aliphatic rings. The molecule has 0 radical (unpaired) electrons. The average molecular weight is 321 g/mol. The lowest BCUT2D eigenvalue weighted by atomic mass is 9.85. The summed E-state index contributed by atoms with van der Waals surface area (Å²) in [6.07, 6.45) is 0.695. The van der Waals surface area contributed by atoms with E-state index in [0.717, 1.165) is 17.1 Å². The normalized spacial score (nSPS) is 14.8.